The monoisotopic (exact) mass is 234 g/mol. The van der Waals surface area contributed by atoms with Crippen molar-refractivity contribution >= 4 is 5.69 Å². The first-order valence-corrected chi connectivity index (χ1v) is 6.48. The third-order valence-electron chi connectivity index (χ3n) is 3.54. The molecule has 0 aromatic heterocycles. The Hall–Kier alpha value is -1.06. The maximum absolute atomic E-state index is 10.4. The lowest BCUT2D eigenvalue weighted by molar-refractivity contribution is 0.0232. The van der Waals surface area contributed by atoms with Crippen molar-refractivity contribution in [1.82, 2.24) is 5.32 Å². The number of aliphatic hydroxyl groups is 1. The molecule has 3 N–H and O–H groups in total. The quantitative estimate of drug-likeness (QED) is 0.744. The van der Waals surface area contributed by atoms with E-state index < -0.39 is 5.60 Å². The molecule has 0 unspecified atom stereocenters. The molecule has 17 heavy (non-hydrogen) atoms. The van der Waals surface area contributed by atoms with Gasteiger partial charge in [0.2, 0.25) is 0 Å². The molecule has 0 aliphatic carbocycles. The molecular weight excluding hydrogens is 212 g/mol. The van der Waals surface area contributed by atoms with Gasteiger partial charge < -0.3 is 15.7 Å². The summed E-state index contributed by atoms with van der Waals surface area (Å²) in [6.45, 7) is 4.62. The number of benzene rings is 1. The lowest BCUT2D eigenvalue weighted by atomic mass is 9.92. The number of hydrogen-bond acceptors (Lipinski definition) is 3. The van der Waals surface area contributed by atoms with E-state index in [2.05, 4.69) is 35.8 Å². The van der Waals surface area contributed by atoms with Crippen LogP contribution in [0.3, 0.4) is 0 Å². The average molecular weight is 234 g/mol. The molecule has 0 saturated carbocycles. The van der Waals surface area contributed by atoms with Crippen molar-refractivity contribution in [3.05, 3.63) is 29.8 Å². The van der Waals surface area contributed by atoms with Crippen molar-refractivity contribution in [2.75, 3.05) is 25.0 Å². The Balaban J connectivity index is 1.96. The van der Waals surface area contributed by atoms with Crippen LogP contribution in [0.1, 0.15) is 25.3 Å². The molecule has 1 aliphatic rings. The molecular formula is C14H22N2O. The predicted molar refractivity (Wildman–Crippen MR) is 71.4 cm³/mol. The minimum Gasteiger partial charge on any atom is -0.388 e. The fourth-order valence-corrected chi connectivity index (χ4v) is 2.33. The topological polar surface area (TPSA) is 44.3 Å². The van der Waals surface area contributed by atoms with Crippen molar-refractivity contribution in [2.45, 2.75) is 31.8 Å². The van der Waals surface area contributed by atoms with Gasteiger partial charge in [0.25, 0.3) is 0 Å². The smallest absolute Gasteiger partial charge is 0.0843 e. The Morgan fingerprint density at radius 1 is 1.29 bits per heavy atom. The zero-order valence-corrected chi connectivity index (χ0v) is 10.5. The van der Waals surface area contributed by atoms with E-state index in [9.17, 15) is 5.11 Å². The molecule has 1 aromatic rings. The van der Waals surface area contributed by atoms with E-state index in [4.69, 9.17) is 0 Å². The van der Waals surface area contributed by atoms with Crippen LogP contribution in [0.25, 0.3) is 0 Å². The van der Waals surface area contributed by atoms with E-state index >= 15 is 0 Å². The van der Waals surface area contributed by atoms with Crippen LogP contribution >= 0.6 is 0 Å². The fourth-order valence-electron chi connectivity index (χ4n) is 2.33. The highest BCUT2D eigenvalue weighted by molar-refractivity contribution is 5.51. The van der Waals surface area contributed by atoms with E-state index in [1.807, 2.05) is 6.07 Å². The number of piperidine rings is 1. The number of para-hydroxylation sites is 1. The van der Waals surface area contributed by atoms with E-state index in [-0.39, 0.29) is 0 Å². The minimum absolute atomic E-state index is 0.550. The van der Waals surface area contributed by atoms with Gasteiger partial charge in [0.15, 0.2) is 0 Å². The van der Waals surface area contributed by atoms with E-state index in [0.717, 1.165) is 38.0 Å². The van der Waals surface area contributed by atoms with Gasteiger partial charge in [-0.3, -0.25) is 0 Å². The first-order chi connectivity index (χ1) is 8.23. The van der Waals surface area contributed by atoms with E-state index in [0.29, 0.717) is 6.54 Å². The Labute approximate surface area is 103 Å². The van der Waals surface area contributed by atoms with Crippen LogP contribution in [0.4, 0.5) is 5.69 Å². The molecule has 3 heteroatoms. The van der Waals surface area contributed by atoms with E-state index in [1.165, 1.54) is 5.56 Å². The summed E-state index contributed by atoms with van der Waals surface area (Å²) in [5.41, 5.74) is 1.92. The number of aryl methyl sites for hydroxylation is 1. The lowest BCUT2D eigenvalue weighted by Gasteiger charge is -2.33. The Bertz CT molecular complexity index is 359. The molecule has 2 rings (SSSR count). The van der Waals surface area contributed by atoms with Crippen molar-refractivity contribution in [2.24, 2.45) is 0 Å². The summed E-state index contributed by atoms with van der Waals surface area (Å²) in [4.78, 5) is 0. The van der Waals surface area contributed by atoms with Gasteiger partial charge in [-0.1, -0.05) is 25.1 Å². The molecule has 0 amide bonds. The Morgan fingerprint density at radius 3 is 2.71 bits per heavy atom. The highest BCUT2D eigenvalue weighted by Gasteiger charge is 2.28. The molecule has 94 valence electrons. The van der Waals surface area contributed by atoms with Gasteiger partial charge in [-0.25, -0.2) is 0 Å². The second kappa shape index (κ2) is 5.52. The van der Waals surface area contributed by atoms with Gasteiger partial charge >= 0.3 is 0 Å². The van der Waals surface area contributed by atoms with Crippen molar-refractivity contribution in [3.8, 4) is 0 Å². The second-order valence-corrected chi connectivity index (χ2v) is 4.84. The SMILES string of the molecule is CCc1ccccc1NCC1(O)CCNCC1. The van der Waals surface area contributed by atoms with Crippen LogP contribution in [0.2, 0.25) is 0 Å². The van der Waals surface area contributed by atoms with Gasteiger partial charge in [-0.2, -0.15) is 0 Å². The number of nitrogens with one attached hydrogen (secondary N) is 2. The highest BCUT2D eigenvalue weighted by Crippen LogP contribution is 2.21. The maximum Gasteiger partial charge on any atom is 0.0843 e. The molecule has 0 atom stereocenters. The maximum atomic E-state index is 10.4. The average Bonchev–Trinajstić information content (AvgIpc) is 2.38. The normalized spacial score (nSPS) is 18.9. The summed E-state index contributed by atoms with van der Waals surface area (Å²) in [7, 11) is 0. The minimum atomic E-state index is -0.550. The standard InChI is InChI=1S/C14H22N2O/c1-2-12-5-3-4-6-13(12)16-11-14(17)7-9-15-10-8-14/h3-6,15-17H,2,7-11H2,1H3. The van der Waals surface area contributed by atoms with Gasteiger partial charge in [0.1, 0.15) is 0 Å². The number of rotatable bonds is 4. The summed E-state index contributed by atoms with van der Waals surface area (Å²) >= 11 is 0. The zero-order chi connectivity index (χ0) is 12.1. The summed E-state index contributed by atoms with van der Waals surface area (Å²) < 4.78 is 0. The summed E-state index contributed by atoms with van der Waals surface area (Å²) in [5.74, 6) is 0. The highest BCUT2D eigenvalue weighted by atomic mass is 16.3. The second-order valence-electron chi connectivity index (χ2n) is 4.84. The van der Waals surface area contributed by atoms with Crippen LogP contribution < -0.4 is 10.6 Å². The molecule has 1 aliphatic heterocycles. The first kappa shape index (κ1) is 12.4. The predicted octanol–water partition coefficient (Wildman–Crippen LogP) is 1.78. The Kier molecular flexibility index (Phi) is 4.02. The van der Waals surface area contributed by atoms with Crippen molar-refractivity contribution < 1.29 is 5.11 Å². The van der Waals surface area contributed by atoms with Gasteiger partial charge in [-0.05, 0) is 44.0 Å². The molecule has 0 spiro atoms. The van der Waals surface area contributed by atoms with Crippen LogP contribution in [0.15, 0.2) is 24.3 Å². The molecule has 0 bridgehead atoms. The van der Waals surface area contributed by atoms with Crippen molar-refractivity contribution in [1.29, 1.82) is 0 Å². The Morgan fingerprint density at radius 2 is 2.00 bits per heavy atom. The molecule has 3 nitrogen and oxygen atoms in total. The van der Waals surface area contributed by atoms with Crippen LogP contribution in [-0.2, 0) is 6.42 Å². The summed E-state index contributed by atoms with van der Waals surface area (Å²) in [6.07, 6.45) is 2.67. The molecule has 1 saturated heterocycles. The number of hydrogen-bond donors (Lipinski definition) is 3. The molecule has 0 radical (unpaired) electrons. The van der Waals surface area contributed by atoms with Crippen molar-refractivity contribution in [3.63, 3.8) is 0 Å². The third kappa shape index (κ3) is 3.20. The van der Waals surface area contributed by atoms with Gasteiger partial charge in [0.05, 0.1) is 5.60 Å². The fraction of sp³-hybridized carbons (Fsp3) is 0.571. The molecule has 1 aromatic carbocycles. The largest absolute Gasteiger partial charge is 0.388 e. The summed E-state index contributed by atoms with van der Waals surface area (Å²) in [5, 5.41) is 17.1. The lowest BCUT2D eigenvalue weighted by Crippen LogP contribution is -2.46. The van der Waals surface area contributed by atoms with Gasteiger partial charge in [-0.15, -0.1) is 0 Å². The molecule has 1 heterocycles. The van der Waals surface area contributed by atoms with E-state index in [1.54, 1.807) is 0 Å². The number of anilines is 1. The molecule has 1 fully saturated rings. The first-order valence-electron chi connectivity index (χ1n) is 6.48. The zero-order valence-electron chi connectivity index (χ0n) is 10.5. The van der Waals surface area contributed by atoms with Gasteiger partial charge in [0, 0.05) is 12.2 Å². The van der Waals surface area contributed by atoms with Crippen LogP contribution in [0.5, 0.6) is 0 Å². The third-order valence-corrected chi connectivity index (χ3v) is 3.54. The van der Waals surface area contributed by atoms with Crippen LogP contribution in [0, 0.1) is 0 Å². The summed E-state index contributed by atoms with van der Waals surface area (Å²) in [6, 6.07) is 8.31. The van der Waals surface area contributed by atoms with Crippen LogP contribution in [-0.4, -0.2) is 30.3 Å².